The van der Waals surface area contributed by atoms with Crippen LogP contribution < -0.4 is 5.32 Å². The molecule has 0 unspecified atom stereocenters. The third kappa shape index (κ3) is 3.52. The molecule has 14 heavy (non-hydrogen) atoms. The highest BCUT2D eigenvalue weighted by molar-refractivity contribution is 6.25. The van der Waals surface area contributed by atoms with Gasteiger partial charge in [0.25, 0.3) is 0 Å². The van der Waals surface area contributed by atoms with Gasteiger partial charge in [-0.3, -0.25) is 0 Å². The standard InChI is InChI=1S/C12H16ClN/c1-10(8-13)9-14-11(2)12-6-4-3-5-7-12/h3-8,11,14H,9H2,1-2H3/b10-8+/t11-/m0/s1. The summed E-state index contributed by atoms with van der Waals surface area (Å²) in [6.45, 7) is 4.99. The number of nitrogens with one attached hydrogen (secondary N) is 1. The maximum absolute atomic E-state index is 5.58. The van der Waals surface area contributed by atoms with Crippen LogP contribution in [0.1, 0.15) is 25.5 Å². The van der Waals surface area contributed by atoms with Crippen molar-refractivity contribution in [2.24, 2.45) is 0 Å². The van der Waals surface area contributed by atoms with Crippen molar-refractivity contribution in [1.82, 2.24) is 5.32 Å². The van der Waals surface area contributed by atoms with Crippen molar-refractivity contribution in [2.75, 3.05) is 6.54 Å². The molecule has 0 aliphatic carbocycles. The topological polar surface area (TPSA) is 12.0 Å². The zero-order valence-corrected chi connectivity index (χ0v) is 9.38. The molecule has 1 N–H and O–H groups in total. The molecule has 1 atom stereocenters. The van der Waals surface area contributed by atoms with Crippen LogP contribution >= 0.6 is 11.6 Å². The van der Waals surface area contributed by atoms with Crippen LogP contribution in [0.25, 0.3) is 0 Å². The lowest BCUT2D eigenvalue weighted by atomic mass is 10.1. The van der Waals surface area contributed by atoms with Gasteiger partial charge in [0.05, 0.1) is 0 Å². The molecule has 0 amide bonds. The number of halogens is 1. The Kier molecular flexibility index (Phi) is 4.71. The second-order valence-corrected chi connectivity index (χ2v) is 3.69. The second-order valence-electron chi connectivity index (χ2n) is 3.47. The summed E-state index contributed by atoms with van der Waals surface area (Å²) in [6.07, 6.45) is 0. The Morgan fingerprint density at radius 1 is 1.43 bits per heavy atom. The molecule has 1 aromatic rings. The molecule has 0 aromatic heterocycles. The summed E-state index contributed by atoms with van der Waals surface area (Å²) >= 11 is 5.58. The highest BCUT2D eigenvalue weighted by atomic mass is 35.5. The number of hydrogen-bond acceptors (Lipinski definition) is 1. The van der Waals surface area contributed by atoms with Crippen LogP contribution in [0.15, 0.2) is 41.4 Å². The molecule has 76 valence electrons. The maximum atomic E-state index is 5.58. The molecule has 1 aromatic carbocycles. The Bertz CT molecular complexity index is 292. The molecule has 0 spiro atoms. The summed E-state index contributed by atoms with van der Waals surface area (Å²) in [5.41, 5.74) is 4.06. The Balaban J connectivity index is 2.47. The number of benzene rings is 1. The zero-order chi connectivity index (χ0) is 10.4. The van der Waals surface area contributed by atoms with Gasteiger partial charge in [0.2, 0.25) is 0 Å². The Morgan fingerprint density at radius 2 is 2.07 bits per heavy atom. The van der Waals surface area contributed by atoms with Gasteiger partial charge in [0.15, 0.2) is 0 Å². The lowest BCUT2D eigenvalue weighted by Gasteiger charge is -2.13. The fraction of sp³-hybridized carbons (Fsp3) is 0.333. The molecule has 2 heteroatoms. The van der Waals surface area contributed by atoms with E-state index in [1.165, 1.54) is 5.56 Å². The molecular weight excluding hydrogens is 194 g/mol. The second kappa shape index (κ2) is 5.84. The van der Waals surface area contributed by atoms with E-state index in [0.29, 0.717) is 6.04 Å². The number of rotatable bonds is 4. The zero-order valence-electron chi connectivity index (χ0n) is 8.63. The van der Waals surface area contributed by atoms with Crippen molar-refractivity contribution >= 4 is 11.6 Å². The van der Waals surface area contributed by atoms with Crippen LogP contribution in [0, 0.1) is 0 Å². The first-order valence-corrected chi connectivity index (χ1v) is 5.22. The normalized spacial score (nSPS) is 14.1. The largest absolute Gasteiger partial charge is 0.306 e. The Morgan fingerprint density at radius 3 is 2.64 bits per heavy atom. The van der Waals surface area contributed by atoms with Crippen molar-refractivity contribution in [3.8, 4) is 0 Å². The van der Waals surface area contributed by atoms with E-state index >= 15 is 0 Å². The van der Waals surface area contributed by atoms with Crippen LogP contribution in [0.4, 0.5) is 0 Å². The summed E-state index contributed by atoms with van der Waals surface area (Å²) in [5, 5.41) is 3.40. The third-order valence-electron chi connectivity index (χ3n) is 2.17. The van der Waals surface area contributed by atoms with Gasteiger partial charge in [-0.25, -0.2) is 0 Å². The lowest BCUT2D eigenvalue weighted by molar-refractivity contribution is 0.607. The highest BCUT2D eigenvalue weighted by Gasteiger charge is 2.02. The summed E-state index contributed by atoms with van der Waals surface area (Å²) in [4.78, 5) is 0. The van der Waals surface area contributed by atoms with E-state index in [2.05, 4.69) is 36.5 Å². The van der Waals surface area contributed by atoms with Crippen molar-refractivity contribution in [3.63, 3.8) is 0 Å². The van der Waals surface area contributed by atoms with Crippen LogP contribution in [0.3, 0.4) is 0 Å². The molecule has 0 fully saturated rings. The van der Waals surface area contributed by atoms with Crippen LogP contribution in [-0.2, 0) is 0 Å². The van der Waals surface area contributed by atoms with E-state index in [1.807, 2.05) is 13.0 Å². The van der Waals surface area contributed by atoms with E-state index in [1.54, 1.807) is 5.54 Å². The van der Waals surface area contributed by atoms with Crippen molar-refractivity contribution < 1.29 is 0 Å². The first-order chi connectivity index (χ1) is 6.74. The lowest BCUT2D eigenvalue weighted by Crippen LogP contribution is -2.20. The van der Waals surface area contributed by atoms with Crippen LogP contribution in [-0.4, -0.2) is 6.54 Å². The SMILES string of the molecule is C/C(=C\Cl)CN[C@@H](C)c1ccccc1. The Hall–Kier alpha value is -0.790. The molecule has 0 saturated carbocycles. The van der Waals surface area contributed by atoms with Gasteiger partial charge < -0.3 is 5.32 Å². The quantitative estimate of drug-likeness (QED) is 0.801. The molecule has 0 radical (unpaired) electrons. The average Bonchev–Trinajstić information content (AvgIpc) is 2.26. The summed E-state index contributed by atoms with van der Waals surface area (Å²) in [6, 6.07) is 10.7. The van der Waals surface area contributed by atoms with Crippen LogP contribution in [0.5, 0.6) is 0 Å². The molecule has 0 bridgehead atoms. The predicted octanol–water partition coefficient (Wildman–Crippen LogP) is 3.48. The van der Waals surface area contributed by atoms with Gasteiger partial charge >= 0.3 is 0 Å². The van der Waals surface area contributed by atoms with Gasteiger partial charge in [0, 0.05) is 18.1 Å². The molecule has 1 nitrogen and oxygen atoms in total. The minimum atomic E-state index is 0.364. The molecule has 0 saturated heterocycles. The first kappa shape index (κ1) is 11.3. The molecule has 0 aliphatic heterocycles. The minimum Gasteiger partial charge on any atom is -0.306 e. The summed E-state index contributed by atoms with van der Waals surface area (Å²) in [7, 11) is 0. The van der Waals surface area contributed by atoms with Crippen LogP contribution in [0.2, 0.25) is 0 Å². The summed E-state index contributed by atoms with van der Waals surface area (Å²) < 4.78 is 0. The van der Waals surface area contributed by atoms with Gasteiger partial charge in [-0.2, -0.15) is 0 Å². The molecule has 1 rings (SSSR count). The third-order valence-corrected chi connectivity index (χ3v) is 2.55. The first-order valence-electron chi connectivity index (χ1n) is 4.78. The van der Waals surface area contributed by atoms with E-state index in [-0.39, 0.29) is 0 Å². The molecular formula is C12H16ClN. The monoisotopic (exact) mass is 209 g/mol. The highest BCUT2D eigenvalue weighted by Crippen LogP contribution is 2.11. The Labute approximate surface area is 90.8 Å². The minimum absolute atomic E-state index is 0.364. The average molecular weight is 210 g/mol. The fourth-order valence-electron chi connectivity index (χ4n) is 1.21. The number of hydrogen-bond donors (Lipinski definition) is 1. The molecule has 0 heterocycles. The van der Waals surface area contributed by atoms with Gasteiger partial charge in [0.1, 0.15) is 0 Å². The van der Waals surface area contributed by atoms with Gasteiger partial charge in [-0.05, 0) is 25.0 Å². The van der Waals surface area contributed by atoms with Gasteiger partial charge in [-0.1, -0.05) is 41.9 Å². The van der Waals surface area contributed by atoms with E-state index in [0.717, 1.165) is 12.1 Å². The molecule has 0 aliphatic rings. The van der Waals surface area contributed by atoms with Crippen molar-refractivity contribution in [2.45, 2.75) is 19.9 Å². The summed E-state index contributed by atoms with van der Waals surface area (Å²) in [5.74, 6) is 0. The van der Waals surface area contributed by atoms with E-state index < -0.39 is 0 Å². The predicted molar refractivity (Wildman–Crippen MR) is 62.5 cm³/mol. The van der Waals surface area contributed by atoms with E-state index in [4.69, 9.17) is 11.6 Å². The maximum Gasteiger partial charge on any atom is 0.0294 e. The smallest absolute Gasteiger partial charge is 0.0294 e. The fourth-order valence-corrected chi connectivity index (χ4v) is 1.29. The van der Waals surface area contributed by atoms with Crippen molar-refractivity contribution in [1.29, 1.82) is 0 Å². The van der Waals surface area contributed by atoms with Crippen molar-refractivity contribution in [3.05, 3.63) is 47.0 Å². The van der Waals surface area contributed by atoms with E-state index in [9.17, 15) is 0 Å². The van der Waals surface area contributed by atoms with Gasteiger partial charge in [-0.15, -0.1) is 0 Å².